The maximum atomic E-state index is 12.3. The molecule has 2 rings (SSSR count). The van der Waals surface area contributed by atoms with Gasteiger partial charge in [0.1, 0.15) is 5.75 Å². The number of methoxy groups -OCH3 is 1. The molecular formula is C12H14ClN3O2. The molecule has 0 aliphatic rings. The van der Waals surface area contributed by atoms with E-state index in [2.05, 4.69) is 10.3 Å². The Hall–Kier alpha value is -1.59. The lowest BCUT2D eigenvalue weighted by atomic mass is 10.2. The van der Waals surface area contributed by atoms with E-state index in [1.54, 1.807) is 32.4 Å². The molecule has 1 heterocycles. The lowest BCUT2D eigenvalue weighted by Gasteiger charge is -2.16. The lowest BCUT2D eigenvalue weighted by Crippen LogP contribution is -2.31. The molecule has 6 heteroatoms. The molecule has 1 N–H and O–H groups in total. The van der Waals surface area contributed by atoms with E-state index in [0.717, 1.165) is 0 Å². The highest BCUT2D eigenvalue weighted by Crippen LogP contribution is 2.19. The van der Waals surface area contributed by atoms with Crippen LogP contribution < -0.4 is 15.6 Å². The van der Waals surface area contributed by atoms with Crippen LogP contribution in [-0.2, 0) is 0 Å². The molecule has 0 aliphatic carbocycles. The van der Waals surface area contributed by atoms with E-state index in [0.29, 0.717) is 16.7 Å². The average molecular weight is 268 g/mol. The average Bonchev–Trinajstić information content (AvgIpc) is 2.37. The summed E-state index contributed by atoms with van der Waals surface area (Å²) in [6, 6.07) is 5.11. The number of benzene rings is 1. The van der Waals surface area contributed by atoms with E-state index in [4.69, 9.17) is 16.3 Å². The van der Waals surface area contributed by atoms with E-state index < -0.39 is 0 Å². The minimum absolute atomic E-state index is 0.155. The third-order valence-corrected chi connectivity index (χ3v) is 3.14. The van der Waals surface area contributed by atoms with Crippen molar-refractivity contribution in [1.29, 1.82) is 0 Å². The molecule has 96 valence electrons. The van der Waals surface area contributed by atoms with Gasteiger partial charge in [-0.15, -0.1) is 0 Å². The Morgan fingerprint density at radius 1 is 1.50 bits per heavy atom. The number of nitrogens with zero attached hydrogens (tertiary/aromatic N) is 2. The van der Waals surface area contributed by atoms with Crippen molar-refractivity contribution in [3.05, 3.63) is 33.8 Å². The molecule has 5 nitrogen and oxygen atoms in total. The second-order valence-electron chi connectivity index (χ2n) is 3.90. The van der Waals surface area contributed by atoms with Gasteiger partial charge in [0.15, 0.2) is 0 Å². The molecule has 0 bridgehead atoms. The van der Waals surface area contributed by atoms with Crippen molar-refractivity contribution in [3.8, 4) is 5.75 Å². The maximum absolute atomic E-state index is 12.3. The number of fused-ring (bicyclic) bond motifs is 1. The van der Waals surface area contributed by atoms with Crippen molar-refractivity contribution in [2.75, 3.05) is 14.2 Å². The molecule has 2 aromatic rings. The van der Waals surface area contributed by atoms with Crippen molar-refractivity contribution in [2.45, 2.75) is 13.1 Å². The molecule has 1 unspecified atom stereocenters. The molecule has 1 aromatic carbocycles. The van der Waals surface area contributed by atoms with E-state index in [9.17, 15) is 4.79 Å². The summed E-state index contributed by atoms with van der Waals surface area (Å²) >= 11 is 6.05. The quantitative estimate of drug-likeness (QED) is 0.862. The Balaban J connectivity index is 2.75. The van der Waals surface area contributed by atoms with Crippen molar-refractivity contribution in [1.82, 2.24) is 14.9 Å². The van der Waals surface area contributed by atoms with Crippen molar-refractivity contribution in [3.63, 3.8) is 0 Å². The second-order valence-corrected chi connectivity index (χ2v) is 4.24. The number of hydrogen-bond acceptors (Lipinski definition) is 4. The predicted molar refractivity (Wildman–Crippen MR) is 71.3 cm³/mol. The topological polar surface area (TPSA) is 56.1 Å². The summed E-state index contributed by atoms with van der Waals surface area (Å²) in [6.07, 6.45) is -0.219. The molecule has 0 saturated carbocycles. The zero-order valence-corrected chi connectivity index (χ0v) is 11.2. The van der Waals surface area contributed by atoms with Crippen LogP contribution in [0, 0.1) is 0 Å². The second kappa shape index (κ2) is 4.96. The third-order valence-electron chi connectivity index (χ3n) is 2.87. The van der Waals surface area contributed by atoms with Crippen LogP contribution in [0.5, 0.6) is 5.75 Å². The first kappa shape index (κ1) is 12.9. The zero-order valence-electron chi connectivity index (χ0n) is 10.4. The van der Waals surface area contributed by atoms with E-state index in [1.807, 2.05) is 6.92 Å². The standard InChI is InChI=1S/C12H14ClN3O2/c1-7(14-2)16-11(17)9-5-4-8(18-3)6-10(9)15-12(16)13/h4-7,14H,1-3H3. The fourth-order valence-corrected chi connectivity index (χ4v) is 2.06. The maximum Gasteiger partial charge on any atom is 0.263 e. The monoisotopic (exact) mass is 267 g/mol. The van der Waals surface area contributed by atoms with Crippen LogP contribution in [0.2, 0.25) is 5.28 Å². The zero-order chi connectivity index (χ0) is 13.3. The number of hydrogen-bond donors (Lipinski definition) is 1. The molecule has 0 fully saturated rings. The molecule has 0 radical (unpaired) electrons. The van der Waals surface area contributed by atoms with Gasteiger partial charge in [-0.05, 0) is 37.7 Å². The third kappa shape index (κ3) is 2.07. The van der Waals surface area contributed by atoms with Crippen LogP contribution >= 0.6 is 11.6 Å². The highest BCUT2D eigenvalue weighted by Gasteiger charge is 2.13. The Morgan fingerprint density at radius 2 is 2.22 bits per heavy atom. The summed E-state index contributed by atoms with van der Waals surface area (Å²) < 4.78 is 6.51. The number of halogens is 1. The number of ether oxygens (including phenoxy) is 1. The minimum Gasteiger partial charge on any atom is -0.497 e. The van der Waals surface area contributed by atoms with Crippen LogP contribution in [0.25, 0.3) is 10.9 Å². The summed E-state index contributed by atoms with van der Waals surface area (Å²) in [5, 5.41) is 3.64. The fraction of sp³-hybridized carbons (Fsp3) is 0.333. The largest absolute Gasteiger partial charge is 0.497 e. The van der Waals surface area contributed by atoms with Crippen LogP contribution in [0.15, 0.2) is 23.0 Å². The Kier molecular flexibility index (Phi) is 3.54. The Bertz CT molecular complexity index is 639. The van der Waals surface area contributed by atoms with Crippen LogP contribution in [0.4, 0.5) is 0 Å². The van der Waals surface area contributed by atoms with Gasteiger partial charge >= 0.3 is 0 Å². The summed E-state index contributed by atoms with van der Waals surface area (Å²) in [5.41, 5.74) is 0.360. The van der Waals surface area contributed by atoms with Gasteiger partial charge in [0, 0.05) is 6.07 Å². The summed E-state index contributed by atoms with van der Waals surface area (Å²) in [5.74, 6) is 0.643. The SMILES string of the molecule is CNC(C)n1c(Cl)nc2cc(OC)ccc2c1=O. The Morgan fingerprint density at radius 3 is 2.83 bits per heavy atom. The van der Waals surface area contributed by atoms with Crippen molar-refractivity contribution >= 4 is 22.5 Å². The van der Waals surface area contributed by atoms with Crippen molar-refractivity contribution < 1.29 is 4.74 Å². The van der Waals surface area contributed by atoms with Crippen LogP contribution in [0.3, 0.4) is 0 Å². The molecular weight excluding hydrogens is 254 g/mol. The molecule has 1 atom stereocenters. The molecule has 0 spiro atoms. The van der Waals surface area contributed by atoms with Crippen LogP contribution in [-0.4, -0.2) is 23.7 Å². The van der Waals surface area contributed by atoms with Gasteiger partial charge in [0.2, 0.25) is 5.28 Å². The van der Waals surface area contributed by atoms with Gasteiger partial charge < -0.3 is 10.1 Å². The van der Waals surface area contributed by atoms with Gasteiger partial charge in [0.05, 0.1) is 24.2 Å². The van der Waals surface area contributed by atoms with E-state index in [1.165, 1.54) is 4.57 Å². The normalized spacial score (nSPS) is 12.7. The molecule has 1 aromatic heterocycles. The molecule has 0 amide bonds. The summed E-state index contributed by atoms with van der Waals surface area (Å²) in [6.45, 7) is 1.84. The number of rotatable bonds is 3. The van der Waals surface area contributed by atoms with Gasteiger partial charge in [0.25, 0.3) is 5.56 Å². The van der Waals surface area contributed by atoms with Crippen molar-refractivity contribution in [2.24, 2.45) is 0 Å². The smallest absolute Gasteiger partial charge is 0.263 e. The first-order chi connectivity index (χ1) is 8.58. The number of nitrogens with one attached hydrogen (secondary N) is 1. The predicted octanol–water partition coefficient (Wildman–Crippen LogP) is 1.80. The van der Waals surface area contributed by atoms with E-state index >= 15 is 0 Å². The lowest BCUT2D eigenvalue weighted by molar-refractivity contribution is 0.415. The first-order valence-electron chi connectivity index (χ1n) is 5.51. The first-order valence-corrected chi connectivity index (χ1v) is 5.89. The molecule has 0 aliphatic heterocycles. The molecule has 0 saturated heterocycles. The van der Waals surface area contributed by atoms with Gasteiger partial charge in [-0.2, -0.15) is 0 Å². The van der Waals surface area contributed by atoms with Gasteiger partial charge in [-0.25, -0.2) is 4.98 Å². The van der Waals surface area contributed by atoms with E-state index in [-0.39, 0.29) is 17.0 Å². The molecule has 18 heavy (non-hydrogen) atoms. The Labute approximate surface area is 109 Å². The van der Waals surface area contributed by atoms with Gasteiger partial charge in [-0.3, -0.25) is 9.36 Å². The minimum atomic E-state index is -0.219. The summed E-state index contributed by atoms with van der Waals surface area (Å²) in [4.78, 5) is 16.5. The number of aromatic nitrogens is 2. The highest BCUT2D eigenvalue weighted by molar-refractivity contribution is 6.28. The fourth-order valence-electron chi connectivity index (χ4n) is 1.74. The van der Waals surface area contributed by atoms with Crippen LogP contribution in [0.1, 0.15) is 13.1 Å². The van der Waals surface area contributed by atoms with Gasteiger partial charge in [-0.1, -0.05) is 0 Å². The summed E-state index contributed by atoms with van der Waals surface area (Å²) in [7, 11) is 3.32. The highest BCUT2D eigenvalue weighted by atomic mass is 35.5.